The maximum atomic E-state index is 12.8. The summed E-state index contributed by atoms with van der Waals surface area (Å²) in [5.74, 6) is -0.342. The molecule has 0 radical (unpaired) electrons. The van der Waals surface area contributed by atoms with Crippen molar-refractivity contribution in [3.63, 3.8) is 0 Å². The zero-order valence-corrected chi connectivity index (χ0v) is 19.1. The van der Waals surface area contributed by atoms with Crippen LogP contribution in [0.2, 0.25) is 5.02 Å². The van der Waals surface area contributed by atoms with Gasteiger partial charge in [0.15, 0.2) is 5.78 Å². The minimum absolute atomic E-state index is 0.0472. The summed E-state index contributed by atoms with van der Waals surface area (Å²) >= 11 is 5.86. The van der Waals surface area contributed by atoms with Gasteiger partial charge < -0.3 is 31.3 Å². The SMILES string of the molecule is CCNCC(=O)CNc1ccc(NC(=O)[C@H]2C[C@@H](O)CN2C(=O)Nc2ccc(Cl)cc2)cc1. The molecule has 2 atom stereocenters. The second-order valence-corrected chi connectivity index (χ2v) is 8.17. The second kappa shape index (κ2) is 11.6. The third kappa shape index (κ3) is 7.18. The molecule has 10 heteroatoms. The van der Waals surface area contributed by atoms with E-state index in [0.29, 0.717) is 22.9 Å². The lowest BCUT2D eigenvalue weighted by atomic mass is 10.1. The van der Waals surface area contributed by atoms with Crippen LogP contribution in [0, 0.1) is 0 Å². The highest BCUT2D eigenvalue weighted by molar-refractivity contribution is 6.30. The van der Waals surface area contributed by atoms with Crippen LogP contribution in [0.5, 0.6) is 0 Å². The Morgan fingerprint density at radius 1 is 0.970 bits per heavy atom. The minimum Gasteiger partial charge on any atom is -0.391 e. The molecule has 0 aromatic heterocycles. The van der Waals surface area contributed by atoms with Gasteiger partial charge in [-0.25, -0.2) is 4.79 Å². The van der Waals surface area contributed by atoms with E-state index in [1.165, 1.54) is 4.90 Å². The van der Waals surface area contributed by atoms with Gasteiger partial charge in [-0.1, -0.05) is 18.5 Å². The summed E-state index contributed by atoms with van der Waals surface area (Å²) in [7, 11) is 0. The van der Waals surface area contributed by atoms with Crippen molar-refractivity contribution in [2.24, 2.45) is 0 Å². The number of nitrogens with one attached hydrogen (secondary N) is 4. The van der Waals surface area contributed by atoms with E-state index < -0.39 is 18.2 Å². The van der Waals surface area contributed by atoms with Crippen molar-refractivity contribution in [1.29, 1.82) is 0 Å². The Balaban J connectivity index is 1.56. The highest BCUT2D eigenvalue weighted by atomic mass is 35.5. The molecule has 0 unspecified atom stereocenters. The van der Waals surface area contributed by atoms with E-state index in [9.17, 15) is 19.5 Å². The molecule has 1 aliphatic rings. The molecule has 0 bridgehead atoms. The summed E-state index contributed by atoms with van der Waals surface area (Å²) in [6.45, 7) is 3.24. The number of aliphatic hydroxyl groups excluding tert-OH is 1. The number of anilines is 3. The molecule has 0 saturated carbocycles. The van der Waals surface area contributed by atoms with Gasteiger partial charge in [-0.3, -0.25) is 9.59 Å². The molecule has 2 aromatic rings. The summed E-state index contributed by atoms with van der Waals surface area (Å²) in [5, 5.41) is 22.1. The predicted molar refractivity (Wildman–Crippen MR) is 129 cm³/mol. The Labute approximate surface area is 197 Å². The lowest BCUT2D eigenvalue weighted by Crippen LogP contribution is -2.45. The predicted octanol–water partition coefficient (Wildman–Crippen LogP) is 2.54. The molecule has 0 aliphatic carbocycles. The number of amides is 3. The molecule has 3 rings (SSSR count). The first-order chi connectivity index (χ1) is 15.9. The second-order valence-electron chi connectivity index (χ2n) is 7.73. The number of β-amino-alcohol motifs (C(OH)–C–C–N with tert-alkyl or cyclic N) is 1. The van der Waals surface area contributed by atoms with Crippen LogP contribution in [0.3, 0.4) is 0 Å². The van der Waals surface area contributed by atoms with E-state index in [1.54, 1.807) is 48.5 Å². The van der Waals surface area contributed by atoms with E-state index in [-0.39, 0.29) is 31.2 Å². The summed E-state index contributed by atoms with van der Waals surface area (Å²) < 4.78 is 0. The van der Waals surface area contributed by atoms with E-state index >= 15 is 0 Å². The minimum atomic E-state index is -0.811. The van der Waals surface area contributed by atoms with Gasteiger partial charge in [-0.05, 0) is 55.1 Å². The van der Waals surface area contributed by atoms with E-state index in [4.69, 9.17) is 11.6 Å². The number of urea groups is 1. The zero-order chi connectivity index (χ0) is 23.8. The van der Waals surface area contributed by atoms with Crippen LogP contribution < -0.4 is 21.3 Å². The molecule has 9 nitrogen and oxygen atoms in total. The van der Waals surface area contributed by atoms with Crippen molar-refractivity contribution >= 4 is 46.4 Å². The molecule has 3 amide bonds. The first-order valence-corrected chi connectivity index (χ1v) is 11.1. The summed E-state index contributed by atoms with van der Waals surface area (Å²) in [6, 6.07) is 12.3. The maximum Gasteiger partial charge on any atom is 0.322 e. The number of nitrogens with zero attached hydrogens (tertiary/aromatic N) is 1. The van der Waals surface area contributed by atoms with E-state index in [0.717, 1.165) is 12.2 Å². The quantitative estimate of drug-likeness (QED) is 0.381. The Hall–Kier alpha value is -3.14. The van der Waals surface area contributed by atoms with Crippen molar-refractivity contribution in [2.45, 2.75) is 25.5 Å². The fourth-order valence-electron chi connectivity index (χ4n) is 3.44. The summed E-state index contributed by atoms with van der Waals surface area (Å²) in [5.41, 5.74) is 1.83. The molecular weight excluding hydrogens is 446 g/mol. The van der Waals surface area contributed by atoms with Gasteiger partial charge in [0.1, 0.15) is 6.04 Å². The molecular formula is C23H28ClN5O4. The van der Waals surface area contributed by atoms with Crippen molar-refractivity contribution in [2.75, 3.05) is 42.1 Å². The Bertz CT molecular complexity index is 968. The largest absolute Gasteiger partial charge is 0.391 e. The fraction of sp³-hybridized carbons (Fsp3) is 0.348. The third-order valence-electron chi connectivity index (χ3n) is 5.15. The van der Waals surface area contributed by atoms with Gasteiger partial charge in [0.25, 0.3) is 0 Å². The third-order valence-corrected chi connectivity index (χ3v) is 5.40. The van der Waals surface area contributed by atoms with Crippen molar-refractivity contribution in [3.05, 3.63) is 53.6 Å². The van der Waals surface area contributed by atoms with Crippen molar-refractivity contribution in [1.82, 2.24) is 10.2 Å². The number of benzene rings is 2. The number of hydrogen-bond acceptors (Lipinski definition) is 6. The van der Waals surface area contributed by atoms with Crippen molar-refractivity contribution in [3.8, 4) is 0 Å². The fourth-order valence-corrected chi connectivity index (χ4v) is 3.57. The Kier molecular flexibility index (Phi) is 8.65. The smallest absolute Gasteiger partial charge is 0.322 e. The van der Waals surface area contributed by atoms with Crippen LogP contribution in [-0.4, -0.2) is 66.1 Å². The number of halogens is 1. The molecule has 1 fully saturated rings. The monoisotopic (exact) mass is 473 g/mol. The Morgan fingerprint density at radius 3 is 2.24 bits per heavy atom. The van der Waals surface area contributed by atoms with Crippen LogP contribution in [0.4, 0.5) is 21.9 Å². The van der Waals surface area contributed by atoms with Crippen LogP contribution in [-0.2, 0) is 9.59 Å². The molecule has 2 aromatic carbocycles. The topological polar surface area (TPSA) is 123 Å². The Morgan fingerprint density at radius 2 is 1.58 bits per heavy atom. The molecule has 33 heavy (non-hydrogen) atoms. The first kappa shape index (κ1) is 24.5. The van der Waals surface area contributed by atoms with Crippen LogP contribution in [0.25, 0.3) is 0 Å². The first-order valence-electron chi connectivity index (χ1n) is 10.7. The maximum absolute atomic E-state index is 12.8. The average molecular weight is 474 g/mol. The molecule has 5 N–H and O–H groups in total. The average Bonchev–Trinajstić information content (AvgIpc) is 3.20. The van der Waals surface area contributed by atoms with Crippen LogP contribution in [0.1, 0.15) is 13.3 Å². The number of aliphatic hydroxyl groups is 1. The number of likely N-dealkylation sites (tertiary alicyclic amines) is 1. The van der Waals surface area contributed by atoms with Crippen LogP contribution >= 0.6 is 11.6 Å². The normalized spacial score (nSPS) is 17.5. The van der Waals surface area contributed by atoms with Gasteiger partial charge in [-0.2, -0.15) is 0 Å². The number of ketones is 1. The van der Waals surface area contributed by atoms with Crippen LogP contribution in [0.15, 0.2) is 48.5 Å². The standard InChI is InChI=1S/C23H28ClN5O4/c1-2-25-12-20(31)13-26-16-7-9-17(10-8-16)27-22(32)21-11-19(30)14-29(21)23(33)28-18-5-3-15(24)4-6-18/h3-10,19,21,25-26,30H,2,11-14H2,1H3,(H,27,32)(H,28,33)/t19-,21-/m1/s1. The molecule has 1 saturated heterocycles. The number of rotatable bonds is 9. The van der Waals surface area contributed by atoms with Gasteiger partial charge in [-0.15, -0.1) is 0 Å². The van der Waals surface area contributed by atoms with E-state index in [2.05, 4.69) is 21.3 Å². The van der Waals surface area contributed by atoms with Gasteiger partial charge in [0, 0.05) is 35.1 Å². The molecule has 176 valence electrons. The van der Waals surface area contributed by atoms with Gasteiger partial charge >= 0.3 is 6.03 Å². The molecule has 1 heterocycles. The van der Waals surface area contributed by atoms with Crippen molar-refractivity contribution < 1.29 is 19.5 Å². The van der Waals surface area contributed by atoms with Gasteiger partial charge in [0.2, 0.25) is 5.91 Å². The molecule has 1 aliphatic heterocycles. The zero-order valence-electron chi connectivity index (χ0n) is 18.3. The van der Waals surface area contributed by atoms with Gasteiger partial charge in [0.05, 0.1) is 19.2 Å². The lowest BCUT2D eigenvalue weighted by Gasteiger charge is -2.24. The van der Waals surface area contributed by atoms with E-state index in [1.807, 2.05) is 6.92 Å². The summed E-state index contributed by atoms with van der Waals surface area (Å²) in [4.78, 5) is 38.6. The number of carbonyl (C=O) groups excluding carboxylic acids is 3. The molecule has 0 spiro atoms. The number of carbonyl (C=O) groups is 3. The number of Topliss-reactive ketones (excluding diaryl/α,β-unsaturated/α-hetero) is 1. The highest BCUT2D eigenvalue weighted by Crippen LogP contribution is 2.22. The summed E-state index contributed by atoms with van der Waals surface area (Å²) in [6.07, 6.45) is -0.643. The lowest BCUT2D eigenvalue weighted by molar-refractivity contribution is -0.119. The highest BCUT2D eigenvalue weighted by Gasteiger charge is 2.39. The number of likely N-dealkylation sites (N-methyl/N-ethyl adjacent to an activating group) is 1. The number of hydrogen-bond donors (Lipinski definition) is 5.